The lowest BCUT2D eigenvalue weighted by Gasteiger charge is -2.07. The van der Waals surface area contributed by atoms with E-state index in [0.29, 0.717) is 11.8 Å². The largest absolute Gasteiger partial charge is 0.477 e. The summed E-state index contributed by atoms with van der Waals surface area (Å²) < 4.78 is 5.61. The van der Waals surface area contributed by atoms with E-state index in [1.54, 1.807) is 0 Å². The molecule has 82 valence electrons. The van der Waals surface area contributed by atoms with Crippen LogP contribution in [0.25, 0.3) is 0 Å². The Hall–Kier alpha value is -1.32. The lowest BCUT2D eigenvalue weighted by atomic mass is 10.4. The van der Waals surface area contributed by atoms with Gasteiger partial charge in [-0.3, -0.25) is 0 Å². The number of hydrogen-bond acceptors (Lipinski definition) is 4. The maximum Gasteiger partial charge on any atom is 0.226 e. The van der Waals surface area contributed by atoms with Crippen molar-refractivity contribution < 1.29 is 4.74 Å². The van der Waals surface area contributed by atoms with Crippen molar-refractivity contribution in [3.8, 4) is 5.88 Å². The third-order valence-electron chi connectivity index (χ3n) is 2.33. The number of nitrogens with zero attached hydrogens (tertiary/aromatic N) is 2. The molecule has 1 aliphatic carbocycles. The van der Waals surface area contributed by atoms with E-state index in [1.165, 1.54) is 12.8 Å². The highest BCUT2D eigenvalue weighted by molar-refractivity contribution is 5.30. The normalized spacial score (nSPS) is 15.1. The number of aryl methyl sites for hydroxylation is 1. The minimum atomic E-state index is 0.656. The van der Waals surface area contributed by atoms with Crippen molar-refractivity contribution in [3.05, 3.63) is 11.8 Å². The molecule has 1 aromatic rings. The zero-order valence-electron chi connectivity index (χ0n) is 9.29. The second kappa shape index (κ2) is 4.47. The van der Waals surface area contributed by atoms with Gasteiger partial charge in [-0.05, 0) is 32.6 Å². The van der Waals surface area contributed by atoms with Gasteiger partial charge in [0.15, 0.2) is 0 Å². The van der Waals surface area contributed by atoms with Crippen LogP contribution in [-0.2, 0) is 0 Å². The summed E-state index contributed by atoms with van der Waals surface area (Å²) >= 11 is 0. The third-order valence-corrected chi connectivity index (χ3v) is 2.33. The highest BCUT2D eigenvalue weighted by atomic mass is 16.5. The highest BCUT2D eigenvalue weighted by Gasteiger charge is 2.22. The van der Waals surface area contributed by atoms with Crippen molar-refractivity contribution in [3.63, 3.8) is 0 Å². The molecule has 0 spiro atoms. The van der Waals surface area contributed by atoms with Crippen LogP contribution in [0.3, 0.4) is 0 Å². The summed E-state index contributed by atoms with van der Waals surface area (Å²) in [5.74, 6) is 2.09. The Kier molecular flexibility index (Phi) is 3.04. The van der Waals surface area contributed by atoms with E-state index in [9.17, 15) is 0 Å². The minimum absolute atomic E-state index is 0.656. The van der Waals surface area contributed by atoms with E-state index >= 15 is 0 Å². The van der Waals surface area contributed by atoms with Gasteiger partial charge in [-0.2, -0.15) is 4.98 Å². The molecule has 1 aromatic heterocycles. The Balaban J connectivity index is 2.00. The molecule has 0 saturated heterocycles. The van der Waals surface area contributed by atoms with Crippen LogP contribution in [0.4, 0.5) is 5.95 Å². The first-order valence-electron chi connectivity index (χ1n) is 5.50. The van der Waals surface area contributed by atoms with Crippen LogP contribution >= 0.6 is 0 Å². The Labute approximate surface area is 90.1 Å². The van der Waals surface area contributed by atoms with Gasteiger partial charge >= 0.3 is 0 Å². The smallest absolute Gasteiger partial charge is 0.226 e. The van der Waals surface area contributed by atoms with Crippen molar-refractivity contribution >= 4 is 5.95 Å². The molecule has 0 radical (unpaired) electrons. The summed E-state index contributed by atoms with van der Waals surface area (Å²) in [5, 5.41) is 3.09. The quantitative estimate of drug-likeness (QED) is 0.802. The number of hydrogen-bond donors (Lipinski definition) is 1. The predicted molar refractivity (Wildman–Crippen MR) is 59.2 cm³/mol. The molecule has 15 heavy (non-hydrogen) atoms. The Morgan fingerprint density at radius 2 is 2.27 bits per heavy atom. The number of aromatic nitrogens is 2. The number of rotatable bonds is 5. The summed E-state index contributed by atoms with van der Waals surface area (Å²) in [6.07, 6.45) is 2.59. The van der Waals surface area contributed by atoms with Crippen LogP contribution in [0.2, 0.25) is 0 Å². The molecular formula is C11H17N3O. The molecule has 0 aliphatic heterocycles. The van der Waals surface area contributed by atoms with Crippen LogP contribution in [0.15, 0.2) is 6.07 Å². The maximum atomic E-state index is 5.61. The second-order valence-corrected chi connectivity index (χ2v) is 3.96. The third kappa shape index (κ3) is 3.08. The van der Waals surface area contributed by atoms with E-state index < -0.39 is 0 Å². The van der Waals surface area contributed by atoms with E-state index in [1.807, 2.05) is 19.9 Å². The molecule has 1 N–H and O–H groups in total. The van der Waals surface area contributed by atoms with Crippen LogP contribution in [0.1, 0.15) is 25.5 Å². The first kappa shape index (κ1) is 10.2. The van der Waals surface area contributed by atoms with Crippen LogP contribution < -0.4 is 10.1 Å². The molecule has 1 heterocycles. The van der Waals surface area contributed by atoms with Crippen molar-refractivity contribution in [2.75, 3.05) is 18.5 Å². The van der Waals surface area contributed by atoms with Gasteiger partial charge in [0.2, 0.25) is 11.8 Å². The van der Waals surface area contributed by atoms with Gasteiger partial charge in [0.25, 0.3) is 0 Å². The monoisotopic (exact) mass is 207 g/mol. The molecule has 0 bridgehead atoms. The molecule has 4 heteroatoms. The Morgan fingerprint density at radius 3 is 2.93 bits per heavy atom. The molecule has 1 fully saturated rings. The van der Waals surface area contributed by atoms with Crippen molar-refractivity contribution in [1.82, 2.24) is 9.97 Å². The lowest BCUT2D eigenvalue weighted by Crippen LogP contribution is -2.06. The van der Waals surface area contributed by atoms with E-state index in [4.69, 9.17) is 4.74 Å². The molecule has 0 aromatic carbocycles. The number of ether oxygens (including phenoxy) is 1. The molecule has 0 unspecified atom stereocenters. The van der Waals surface area contributed by atoms with Crippen LogP contribution in [0.5, 0.6) is 5.88 Å². The number of anilines is 1. The summed E-state index contributed by atoms with van der Waals surface area (Å²) in [4.78, 5) is 8.54. The van der Waals surface area contributed by atoms with Gasteiger partial charge in [0.1, 0.15) is 0 Å². The SMILES string of the molecule is CCNc1nc(C)cc(OCC2CC2)n1. The standard InChI is InChI=1S/C11H17N3O/c1-3-12-11-13-8(2)6-10(14-11)15-7-9-4-5-9/h6,9H,3-5,7H2,1-2H3,(H,12,13,14). The maximum absolute atomic E-state index is 5.61. The van der Waals surface area contributed by atoms with Gasteiger partial charge in [-0.15, -0.1) is 0 Å². The van der Waals surface area contributed by atoms with Crippen molar-refractivity contribution in [1.29, 1.82) is 0 Å². The van der Waals surface area contributed by atoms with Crippen LogP contribution in [-0.4, -0.2) is 23.1 Å². The highest BCUT2D eigenvalue weighted by Crippen LogP contribution is 2.29. The summed E-state index contributed by atoms with van der Waals surface area (Å²) in [7, 11) is 0. The average molecular weight is 207 g/mol. The Morgan fingerprint density at radius 1 is 1.47 bits per heavy atom. The summed E-state index contributed by atoms with van der Waals surface area (Å²) in [6, 6.07) is 1.88. The molecule has 1 aliphatic rings. The fourth-order valence-electron chi connectivity index (χ4n) is 1.34. The first-order chi connectivity index (χ1) is 7.28. The zero-order chi connectivity index (χ0) is 10.7. The van der Waals surface area contributed by atoms with Gasteiger partial charge in [0.05, 0.1) is 6.61 Å². The molecule has 2 rings (SSSR count). The first-order valence-corrected chi connectivity index (χ1v) is 5.50. The molecule has 0 atom stereocenters. The van der Waals surface area contributed by atoms with E-state index in [0.717, 1.165) is 24.8 Å². The van der Waals surface area contributed by atoms with E-state index in [2.05, 4.69) is 15.3 Å². The summed E-state index contributed by atoms with van der Waals surface area (Å²) in [5.41, 5.74) is 0.937. The van der Waals surface area contributed by atoms with Gasteiger partial charge in [0, 0.05) is 18.3 Å². The predicted octanol–water partition coefficient (Wildman–Crippen LogP) is 2.01. The van der Waals surface area contributed by atoms with Crippen LogP contribution in [0, 0.1) is 12.8 Å². The fourth-order valence-corrected chi connectivity index (χ4v) is 1.34. The fraction of sp³-hybridized carbons (Fsp3) is 0.636. The minimum Gasteiger partial charge on any atom is -0.477 e. The summed E-state index contributed by atoms with van der Waals surface area (Å²) in [6.45, 7) is 5.59. The second-order valence-electron chi connectivity index (χ2n) is 3.96. The molecular weight excluding hydrogens is 190 g/mol. The van der Waals surface area contributed by atoms with Crippen molar-refractivity contribution in [2.45, 2.75) is 26.7 Å². The van der Waals surface area contributed by atoms with Gasteiger partial charge in [-0.25, -0.2) is 4.98 Å². The zero-order valence-corrected chi connectivity index (χ0v) is 9.29. The molecule has 1 saturated carbocycles. The van der Waals surface area contributed by atoms with E-state index in [-0.39, 0.29) is 0 Å². The molecule has 0 amide bonds. The van der Waals surface area contributed by atoms with Gasteiger partial charge in [-0.1, -0.05) is 0 Å². The van der Waals surface area contributed by atoms with Gasteiger partial charge < -0.3 is 10.1 Å². The average Bonchev–Trinajstić information content (AvgIpc) is 2.98. The molecule has 4 nitrogen and oxygen atoms in total. The van der Waals surface area contributed by atoms with Crippen molar-refractivity contribution in [2.24, 2.45) is 5.92 Å². The topological polar surface area (TPSA) is 47.0 Å². The Bertz CT molecular complexity index is 337. The lowest BCUT2D eigenvalue weighted by molar-refractivity contribution is 0.288. The number of nitrogens with one attached hydrogen (secondary N) is 1.